The molecule has 0 radical (unpaired) electrons. The number of hydrogen-bond donors (Lipinski definition) is 3. The summed E-state index contributed by atoms with van der Waals surface area (Å²) in [5.41, 5.74) is 2.25. The van der Waals surface area contributed by atoms with Gasteiger partial charge in [0, 0.05) is 38.9 Å². The molecule has 1 saturated heterocycles. The summed E-state index contributed by atoms with van der Waals surface area (Å²) in [6.07, 6.45) is 2.84. The van der Waals surface area contributed by atoms with Crippen LogP contribution in [0.2, 0.25) is 0 Å². The molecule has 33 heavy (non-hydrogen) atoms. The van der Waals surface area contributed by atoms with Gasteiger partial charge < -0.3 is 30.0 Å². The fourth-order valence-corrected chi connectivity index (χ4v) is 5.17. The van der Waals surface area contributed by atoms with Gasteiger partial charge in [0.25, 0.3) is 0 Å². The predicted molar refractivity (Wildman–Crippen MR) is 132 cm³/mol. The highest BCUT2D eigenvalue weighted by Crippen LogP contribution is 2.46. The second kappa shape index (κ2) is 11.8. The zero-order valence-corrected chi connectivity index (χ0v) is 20.5. The van der Waals surface area contributed by atoms with Gasteiger partial charge in [-0.25, -0.2) is 0 Å². The third-order valence-corrected chi connectivity index (χ3v) is 6.77. The Morgan fingerprint density at radius 2 is 1.76 bits per heavy atom. The van der Waals surface area contributed by atoms with Crippen molar-refractivity contribution in [3.63, 3.8) is 0 Å². The van der Waals surface area contributed by atoms with Crippen LogP contribution >= 0.6 is 0 Å². The molecule has 1 aliphatic heterocycles. The zero-order valence-electron chi connectivity index (χ0n) is 20.5. The summed E-state index contributed by atoms with van der Waals surface area (Å²) in [5.74, 6) is 1.60. The van der Waals surface area contributed by atoms with Gasteiger partial charge in [0.1, 0.15) is 0 Å². The molecule has 6 heteroatoms. The molecule has 1 aliphatic rings. The normalized spacial score (nSPS) is 20.9. The Morgan fingerprint density at radius 1 is 1.00 bits per heavy atom. The Bertz CT molecular complexity index is 858. The molecule has 0 saturated carbocycles. The highest BCUT2D eigenvalue weighted by atomic mass is 16.5. The first-order chi connectivity index (χ1) is 15.9. The Kier molecular flexibility index (Phi) is 9.15. The highest BCUT2D eigenvalue weighted by Gasteiger charge is 2.45. The standard InChI is InChI=1S/C27H40N2O4/c1-26(2)19-27(12-13-33-26,15-21-8-6-5-7-9-21)23(18-30)17-29-20-28-16-22-10-11-24(31-3)25(14-22)32-4/h5-11,14,23,28-30H,12-13,15-20H2,1-4H3/t23-,27-/m1/s1. The lowest BCUT2D eigenvalue weighted by Gasteiger charge is -2.49. The van der Waals surface area contributed by atoms with Crippen LogP contribution in [0.4, 0.5) is 0 Å². The van der Waals surface area contributed by atoms with E-state index in [1.54, 1.807) is 14.2 Å². The van der Waals surface area contributed by atoms with Gasteiger partial charge in [-0.2, -0.15) is 0 Å². The van der Waals surface area contributed by atoms with Crippen molar-refractivity contribution in [2.45, 2.75) is 45.3 Å². The molecule has 2 aromatic rings. The van der Waals surface area contributed by atoms with Crippen LogP contribution in [-0.2, 0) is 17.7 Å². The van der Waals surface area contributed by atoms with Gasteiger partial charge in [-0.15, -0.1) is 0 Å². The molecule has 0 spiro atoms. The van der Waals surface area contributed by atoms with E-state index in [2.05, 4.69) is 54.8 Å². The molecule has 0 bridgehead atoms. The molecular formula is C27H40N2O4. The van der Waals surface area contributed by atoms with E-state index in [-0.39, 0.29) is 23.5 Å². The zero-order chi connectivity index (χ0) is 23.7. The van der Waals surface area contributed by atoms with E-state index >= 15 is 0 Å². The van der Waals surface area contributed by atoms with Crippen molar-refractivity contribution < 1.29 is 19.3 Å². The van der Waals surface area contributed by atoms with Crippen LogP contribution in [0, 0.1) is 11.3 Å². The van der Waals surface area contributed by atoms with E-state index in [4.69, 9.17) is 14.2 Å². The lowest BCUT2D eigenvalue weighted by atomic mass is 9.63. The maximum Gasteiger partial charge on any atom is 0.161 e. The lowest BCUT2D eigenvalue weighted by Crippen LogP contribution is -2.50. The van der Waals surface area contributed by atoms with Gasteiger partial charge in [0.2, 0.25) is 0 Å². The number of benzene rings is 2. The molecule has 1 heterocycles. The quantitative estimate of drug-likeness (QED) is 0.334. The molecule has 6 nitrogen and oxygen atoms in total. The van der Waals surface area contributed by atoms with Crippen LogP contribution in [0.5, 0.6) is 11.5 Å². The Hall–Kier alpha value is -2.12. The van der Waals surface area contributed by atoms with E-state index in [0.29, 0.717) is 13.2 Å². The summed E-state index contributed by atoms with van der Waals surface area (Å²) in [7, 11) is 3.29. The van der Waals surface area contributed by atoms with E-state index in [1.807, 2.05) is 18.2 Å². The average Bonchev–Trinajstić information content (AvgIpc) is 2.81. The topological polar surface area (TPSA) is 72.0 Å². The lowest BCUT2D eigenvalue weighted by molar-refractivity contribution is -0.127. The monoisotopic (exact) mass is 456 g/mol. The van der Waals surface area contributed by atoms with Crippen LogP contribution in [0.1, 0.15) is 37.8 Å². The fraction of sp³-hybridized carbons (Fsp3) is 0.556. The minimum absolute atomic E-state index is 0.00575. The van der Waals surface area contributed by atoms with Crippen LogP contribution in [-0.4, -0.2) is 51.4 Å². The van der Waals surface area contributed by atoms with Crippen molar-refractivity contribution in [3.05, 3.63) is 59.7 Å². The molecule has 182 valence electrons. The van der Waals surface area contributed by atoms with Crippen LogP contribution in [0.25, 0.3) is 0 Å². The molecule has 3 N–H and O–H groups in total. The van der Waals surface area contributed by atoms with Crippen molar-refractivity contribution >= 4 is 0 Å². The molecule has 0 aromatic heterocycles. The van der Waals surface area contributed by atoms with E-state index < -0.39 is 0 Å². The summed E-state index contributed by atoms with van der Waals surface area (Å²) in [6, 6.07) is 16.6. The number of rotatable bonds is 12. The van der Waals surface area contributed by atoms with Crippen LogP contribution in [0.15, 0.2) is 48.5 Å². The SMILES string of the molecule is COc1ccc(CNCNC[C@H](CO)[C@@]2(Cc3ccccc3)CCOC(C)(C)C2)cc1OC. The third kappa shape index (κ3) is 6.93. The Balaban J connectivity index is 1.59. The Morgan fingerprint density at radius 3 is 2.42 bits per heavy atom. The first-order valence-electron chi connectivity index (χ1n) is 11.8. The first-order valence-corrected chi connectivity index (χ1v) is 11.8. The molecule has 2 atom stereocenters. The number of methoxy groups -OCH3 is 2. The number of ether oxygens (including phenoxy) is 3. The molecular weight excluding hydrogens is 416 g/mol. The van der Waals surface area contributed by atoms with Gasteiger partial charge in [-0.1, -0.05) is 36.4 Å². The molecule has 1 fully saturated rings. The fourth-order valence-electron chi connectivity index (χ4n) is 5.17. The van der Waals surface area contributed by atoms with E-state index in [9.17, 15) is 5.11 Å². The van der Waals surface area contributed by atoms with Gasteiger partial charge in [0.05, 0.1) is 19.8 Å². The Labute approximate surface area is 198 Å². The molecule has 0 amide bonds. The maximum atomic E-state index is 10.4. The second-order valence-corrected chi connectivity index (χ2v) is 9.69. The van der Waals surface area contributed by atoms with Crippen LogP contribution in [0.3, 0.4) is 0 Å². The second-order valence-electron chi connectivity index (χ2n) is 9.69. The summed E-state index contributed by atoms with van der Waals surface area (Å²) in [5, 5.41) is 17.4. The van der Waals surface area contributed by atoms with Gasteiger partial charge >= 0.3 is 0 Å². The van der Waals surface area contributed by atoms with Gasteiger partial charge in [0.15, 0.2) is 11.5 Å². The average molecular weight is 457 g/mol. The predicted octanol–water partition coefficient (Wildman–Crippen LogP) is 3.77. The van der Waals surface area contributed by atoms with Gasteiger partial charge in [-0.3, -0.25) is 0 Å². The maximum absolute atomic E-state index is 10.4. The van der Waals surface area contributed by atoms with Crippen molar-refractivity contribution in [1.29, 1.82) is 0 Å². The van der Waals surface area contributed by atoms with Crippen molar-refractivity contribution in [1.82, 2.24) is 10.6 Å². The summed E-state index contributed by atoms with van der Waals surface area (Å²) in [4.78, 5) is 0. The van der Waals surface area contributed by atoms with Crippen molar-refractivity contribution in [2.24, 2.45) is 11.3 Å². The van der Waals surface area contributed by atoms with E-state index in [1.165, 1.54) is 5.56 Å². The summed E-state index contributed by atoms with van der Waals surface area (Å²) < 4.78 is 16.7. The van der Waals surface area contributed by atoms with Gasteiger partial charge in [-0.05, 0) is 61.8 Å². The van der Waals surface area contributed by atoms with E-state index in [0.717, 1.165) is 49.5 Å². The minimum Gasteiger partial charge on any atom is -0.493 e. The largest absolute Gasteiger partial charge is 0.493 e. The molecule has 0 unspecified atom stereocenters. The number of aliphatic hydroxyl groups is 1. The molecule has 3 rings (SSSR count). The van der Waals surface area contributed by atoms with Crippen molar-refractivity contribution in [2.75, 3.05) is 40.6 Å². The highest BCUT2D eigenvalue weighted by molar-refractivity contribution is 5.42. The summed E-state index contributed by atoms with van der Waals surface area (Å²) >= 11 is 0. The number of aliphatic hydroxyl groups excluding tert-OH is 1. The smallest absolute Gasteiger partial charge is 0.161 e. The third-order valence-electron chi connectivity index (χ3n) is 6.77. The molecule has 2 aromatic carbocycles. The molecule has 0 aliphatic carbocycles. The first kappa shape index (κ1) is 25.5. The van der Waals surface area contributed by atoms with Crippen molar-refractivity contribution in [3.8, 4) is 11.5 Å². The van der Waals surface area contributed by atoms with Crippen LogP contribution < -0.4 is 20.1 Å². The number of hydrogen-bond acceptors (Lipinski definition) is 6. The summed E-state index contributed by atoms with van der Waals surface area (Å²) in [6.45, 7) is 7.34. The number of nitrogens with one attached hydrogen (secondary N) is 2. The minimum atomic E-state index is -0.188.